The third kappa shape index (κ3) is 3.97. The maximum absolute atomic E-state index is 11.6. The minimum absolute atomic E-state index is 0.381. The van der Waals surface area contributed by atoms with E-state index >= 15 is 0 Å². The van der Waals surface area contributed by atoms with Crippen molar-refractivity contribution in [2.24, 2.45) is 0 Å². The summed E-state index contributed by atoms with van der Waals surface area (Å²) >= 11 is 0. The molecular weight excluding hydrogens is 328 g/mol. The lowest BCUT2D eigenvalue weighted by Crippen LogP contribution is -2.03. The lowest BCUT2D eigenvalue weighted by molar-refractivity contribution is 0.0601. The van der Waals surface area contributed by atoms with Gasteiger partial charge in [-0.3, -0.25) is 0 Å². The molecule has 26 heavy (non-hydrogen) atoms. The molecule has 1 heterocycles. The Morgan fingerprint density at radius 2 is 1.85 bits per heavy atom. The predicted molar refractivity (Wildman–Crippen MR) is 102 cm³/mol. The fourth-order valence-electron chi connectivity index (χ4n) is 2.49. The molecule has 0 atom stereocenters. The number of rotatable bonds is 5. The van der Waals surface area contributed by atoms with E-state index in [1.807, 2.05) is 18.2 Å². The Morgan fingerprint density at radius 1 is 1.04 bits per heavy atom. The molecule has 0 aliphatic carbocycles. The van der Waals surface area contributed by atoms with Gasteiger partial charge in [-0.05, 0) is 55.3 Å². The van der Waals surface area contributed by atoms with Gasteiger partial charge in [0, 0.05) is 17.6 Å². The van der Waals surface area contributed by atoms with E-state index in [-0.39, 0.29) is 5.97 Å². The van der Waals surface area contributed by atoms with Gasteiger partial charge < -0.3 is 15.4 Å². The van der Waals surface area contributed by atoms with Gasteiger partial charge in [-0.2, -0.15) is 4.98 Å². The summed E-state index contributed by atoms with van der Waals surface area (Å²) in [6.07, 6.45) is 1.67. The number of nitrogens with one attached hydrogen (secondary N) is 2. The van der Waals surface area contributed by atoms with Crippen molar-refractivity contribution in [2.45, 2.75) is 13.8 Å². The summed E-state index contributed by atoms with van der Waals surface area (Å²) in [4.78, 5) is 20.4. The lowest BCUT2D eigenvalue weighted by Gasteiger charge is -2.11. The molecule has 0 radical (unpaired) electrons. The first-order valence-electron chi connectivity index (χ1n) is 8.18. The van der Waals surface area contributed by atoms with Crippen molar-refractivity contribution in [2.75, 3.05) is 17.7 Å². The molecule has 0 fully saturated rings. The molecule has 0 aliphatic heterocycles. The molecule has 3 rings (SSSR count). The summed E-state index contributed by atoms with van der Waals surface area (Å²) in [6, 6.07) is 14.9. The molecular formula is C20H20N4O2. The number of benzene rings is 2. The smallest absolute Gasteiger partial charge is 0.337 e. The first-order chi connectivity index (χ1) is 12.6. The number of hydrogen-bond donors (Lipinski definition) is 2. The van der Waals surface area contributed by atoms with Crippen molar-refractivity contribution >= 4 is 29.1 Å². The first-order valence-corrected chi connectivity index (χ1v) is 8.18. The van der Waals surface area contributed by atoms with Gasteiger partial charge in [0.25, 0.3) is 0 Å². The Kier molecular flexibility index (Phi) is 5.12. The van der Waals surface area contributed by atoms with Crippen LogP contribution in [0.5, 0.6) is 0 Å². The van der Waals surface area contributed by atoms with Gasteiger partial charge in [0.05, 0.1) is 12.7 Å². The summed E-state index contributed by atoms with van der Waals surface area (Å²) in [7, 11) is 1.36. The molecule has 2 aromatic carbocycles. The number of methoxy groups -OCH3 is 1. The molecule has 0 bridgehead atoms. The summed E-state index contributed by atoms with van der Waals surface area (Å²) in [5, 5.41) is 6.42. The van der Waals surface area contributed by atoms with E-state index in [1.165, 1.54) is 12.7 Å². The van der Waals surface area contributed by atoms with Gasteiger partial charge in [-0.1, -0.05) is 18.2 Å². The van der Waals surface area contributed by atoms with Crippen LogP contribution in [0.2, 0.25) is 0 Å². The van der Waals surface area contributed by atoms with Crippen LogP contribution in [0.25, 0.3) is 0 Å². The molecule has 132 valence electrons. The van der Waals surface area contributed by atoms with E-state index in [4.69, 9.17) is 4.74 Å². The zero-order valence-electron chi connectivity index (χ0n) is 14.9. The largest absolute Gasteiger partial charge is 0.465 e. The minimum atomic E-state index is -0.381. The summed E-state index contributed by atoms with van der Waals surface area (Å²) < 4.78 is 4.75. The van der Waals surface area contributed by atoms with Crippen LogP contribution in [0.15, 0.2) is 54.7 Å². The minimum Gasteiger partial charge on any atom is -0.465 e. The number of aromatic nitrogens is 2. The molecule has 6 heteroatoms. The monoisotopic (exact) mass is 348 g/mol. The highest BCUT2D eigenvalue weighted by atomic mass is 16.5. The normalized spacial score (nSPS) is 10.3. The predicted octanol–water partition coefficient (Wildman–Crippen LogP) is 4.37. The van der Waals surface area contributed by atoms with E-state index in [0.29, 0.717) is 17.3 Å². The zero-order valence-corrected chi connectivity index (χ0v) is 14.9. The van der Waals surface area contributed by atoms with Crippen molar-refractivity contribution in [3.63, 3.8) is 0 Å². The van der Waals surface area contributed by atoms with Gasteiger partial charge in [-0.15, -0.1) is 0 Å². The maximum Gasteiger partial charge on any atom is 0.337 e. The van der Waals surface area contributed by atoms with Crippen LogP contribution in [-0.4, -0.2) is 23.0 Å². The van der Waals surface area contributed by atoms with E-state index in [0.717, 1.165) is 16.9 Å². The molecule has 0 aliphatic rings. The summed E-state index contributed by atoms with van der Waals surface area (Å²) in [5.74, 6) is 0.733. The van der Waals surface area contributed by atoms with Gasteiger partial charge in [0.15, 0.2) is 0 Å². The highest BCUT2D eigenvalue weighted by molar-refractivity contribution is 5.90. The average Bonchev–Trinajstić information content (AvgIpc) is 2.65. The fraction of sp³-hybridized carbons (Fsp3) is 0.150. The van der Waals surface area contributed by atoms with Crippen LogP contribution in [-0.2, 0) is 4.74 Å². The Balaban J connectivity index is 1.80. The van der Waals surface area contributed by atoms with Crippen molar-refractivity contribution in [1.82, 2.24) is 9.97 Å². The zero-order chi connectivity index (χ0) is 18.5. The van der Waals surface area contributed by atoms with E-state index in [1.54, 1.807) is 30.5 Å². The average molecular weight is 348 g/mol. The summed E-state index contributed by atoms with van der Waals surface area (Å²) in [5.41, 5.74) is 4.53. The number of esters is 1. The third-order valence-electron chi connectivity index (χ3n) is 4.06. The Bertz CT molecular complexity index is 941. The fourth-order valence-corrected chi connectivity index (χ4v) is 2.49. The number of nitrogens with zero attached hydrogens (tertiary/aromatic N) is 2. The quantitative estimate of drug-likeness (QED) is 0.667. The number of hydrogen-bond acceptors (Lipinski definition) is 6. The maximum atomic E-state index is 11.6. The molecule has 1 aromatic heterocycles. The SMILES string of the molecule is COC(=O)c1cccc(Nc2ccnc(Nc3cccc(C)c3C)n2)c1. The third-order valence-corrected chi connectivity index (χ3v) is 4.06. The second-order valence-corrected chi connectivity index (χ2v) is 5.84. The van der Waals surface area contributed by atoms with Crippen molar-refractivity contribution in [3.05, 3.63) is 71.4 Å². The highest BCUT2D eigenvalue weighted by Crippen LogP contribution is 2.22. The summed E-state index contributed by atoms with van der Waals surface area (Å²) in [6.45, 7) is 4.12. The molecule has 0 saturated carbocycles. The van der Waals surface area contributed by atoms with Crippen LogP contribution >= 0.6 is 0 Å². The molecule has 0 amide bonds. The number of ether oxygens (including phenoxy) is 1. The van der Waals surface area contributed by atoms with Crippen LogP contribution in [0.3, 0.4) is 0 Å². The van der Waals surface area contributed by atoms with Crippen LogP contribution in [0, 0.1) is 13.8 Å². The van der Waals surface area contributed by atoms with Crippen LogP contribution < -0.4 is 10.6 Å². The van der Waals surface area contributed by atoms with Crippen LogP contribution in [0.4, 0.5) is 23.1 Å². The van der Waals surface area contributed by atoms with Gasteiger partial charge >= 0.3 is 5.97 Å². The molecule has 6 nitrogen and oxygen atoms in total. The van der Waals surface area contributed by atoms with E-state index in [2.05, 4.69) is 40.5 Å². The lowest BCUT2D eigenvalue weighted by atomic mass is 10.1. The molecule has 3 aromatic rings. The van der Waals surface area contributed by atoms with Gasteiger partial charge in [-0.25, -0.2) is 9.78 Å². The highest BCUT2D eigenvalue weighted by Gasteiger charge is 2.07. The van der Waals surface area contributed by atoms with Crippen molar-refractivity contribution in [3.8, 4) is 0 Å². The molecule has 0 spiro atoms. The van der Waals surface area contributed by atoms with E-state index < -0.39 is 0 Å². The molecule has 0 unspecified atom stereocenters. The Hall–Kier alpha value is -3.41. The standard InChI is InChI=1S/C20H20N4O2/c1-13-6-4-9-17(14(13)2)23-20-21-11-10-18(24-20)22-16-8-5-7-15(12-16)19(25)26-3/h4-12H,1-3H3,(H2,21,22,23,24). The molecule has 2 N–H and O–H groups in total. The van der Waals surface area contributed by atoms with Gasteiger partial charge in [0.2, 0.25) is 5.95 Å². The van der Waals surface area contributed by atoms with Crippen molar-refractivity contribution < 1.29 is 9.53 Å². The number of carbonyl (C=O) groups is 1. The molecule has 0 saturated heterocycles. The van der Waals surface area contributed by atoms with Crippen LogP contribution in [0.1, 0.15) is 21.5 Å². The topological polar surface area (TPSA) is 76.1 Å². The van der Waals surface area contributed by atoms with Crippen molar-refractivity contribution in [1.29, 1.82) is 0 Å². The second-order valence-electron chi connectivity index (χ2n) is 5.84. The second kappa shape index (κ2) is 7.65. The van der Waals surface area contributed by atoms with Gasteiger partial charge in [0.1, 0.15) is 5.82 Å². The Labute approximate surface area is 152 Å². The Morgan fingerprint density at radius 3 is 2.65 bits per heavy atom. The van der Waals surface area contributed by atoms with E-state index in [9.17, 15) is 4.79 Å². The number of aryl methyl sites for hydroxylation is 1. The number of anilines is 4. The number of carbonyl (C=O) groups excluding carboxylic acids is 1. The first kappa shape index (κ1) is 17.4.